The van der Waals surface area contributed by atoms with Crippen molar-refractivity contribution in [1.82, 2.24) is 9.97 Å². The molecule has 0 aliphatic heterocycles. The first-order chi connectivity index (χ1) is 7.18. The van der Waals surface area contributed by atoms with Gasteiger partial charge in [0.1, 0.15) is 22.8 Å². The molecule has 0 fully saturated rings. The van der Waals surface area contributed by atoms with E-state index < -0.39 is 0 Å². The molecule has 2 aromatic heterocycles. The highest BCUT2D eigenvalue weighted by Gasteiger charge is 2.10. The van der Waals surface area contributed by atoms with Crippen LogP contribution in [0.15, 0.2) is 33.0 Å². The van der Waals surface area contributed by atoms with E-state index in [1.807, 2.05) is 13.0 Å². The molecule has 0 atom stereocenters. The number of nitrogen functional groups attached to an aromatic ring is 1. The molecule has 0 aliphatic carbocycles. The van der Waals surface area contributed by atoms with Crippen LogP contribution in [-0.2, 0) is 0 Å². The van der Waals surface area contributed by atoms with E-state index in [-0.39, 0.29) is 5.15 Å². The Morgan fingerprint density at radius 1 is 1.47 bits per heavy atom. The van der Waals surface area contributed by atoms with Crippen LogP contribution in [0, 0.1) is 6.92 Å². The van der Waals surface area contributed by atoms with Gasteiger partial charge < -0.3 is 10.2 Å². The highest BCUT2D eigenvalue weighted by atomic mass is 35.5. The number of nitrogens with two attached hydrogens (primary N) is 1. The Kier molecular flexibility index (Phi) is 2.83. The first-order valence-corrected chi connectivity index (χ1v) is 5.36. The lowest BCUT2D eigenvalue weighted by molar-refractivity contribution is 0.527. The Bertz CT molecular complexity index is 486. The predicted molar refractivity (Wildman–Crippen MR) is 59.0 cm³/mol. The van der Waals surface area contributed by atoms with Crippen molar-refractivity contribution in [1.29, 1.82) is 0 Å². The summed E-state index contributed by atoms with van der Waals surface area (Å²) in [6.45, 7) is 1.88. The van der Waals surface area contributed by atoms with Gasteiger partial charge in [-0.3, -0.25) is 0 Å². The molecule has 0 amide bonds. The number of hydrogen-bond acceptors (Lipinski definition) is 5. The third-order valence-corrected chi connectivity index (χ3v) is 3.28. The minimum Gasteiger partial charge on any atom is -0.468 e. The number of anilines is 1. The maximum atomic E-state index is 5.78. The average molecular weight is 242 g/mol. The van der Waals surface area contributed by atoms with Crippen LogP contribution >= 0.6 is 23.4 Å². The van der Waals surface area contributed by atoms with Crippen LogP contribution in [0.2, 0.25) is 5.15 Å². The molecule has 0 saturated carbocycles. The van der Waals surface area contributed by atoms with E-state index >= 15 is 0 Å². The van der Waals surface area contributed by atoms with Gasteiger partial charge in [0.2, 0.25) is 0 Å². The maximum Gasteiger partial charge on any atom is 0.156 e. The van der Waals surface area contributed by atoms with Crippen LogP contribution in [0.5, 0.6) is 0 Å². The minimum absolute atomic E-state index is 0.272. The molecule has 0 radical (unpaired) electrons. The van der Waals surface area contributed by atoms with Crippen LogP contribution in [-0.4, -0.2) is 9.97 Å². The van der Waals surface area contributed by atoms with Crippen molar-refractivity contribution < 1.29 is 4.42 Å². The Hall–Kier alpha value is -1.20. The van der Waals surface area contributed by atoms with Crippen molar-refractivity contribution in [3.05, 3.63) is 29.6 Å². The summed E-state index contributed by atoms with van der Waals surface area (Å²) in [5.74, 6) is 0.828. The van der Waals surface area contributed by atoms with Gasteiger partial charge in [0.05, 0.1) is 11.2 Å². The molecule has 15 heavy (non-hydrogen) atoms. The van der Waals surface area contributed by atoms with Crippen molar-refractivity contribution in [2.24, 2.45) is 0 Å². The van der Waals surface area contributed by atoms with E-state index in [1.165, 1.54) is 18.1 Å². The van der Waals surface area contributed by atoms with Crippen molar-refractivity contribution >= 4 is 29.1 Å². The lowest BCUT2D eigenvalue weighted by Crippen LogP contribution is -1.94. The monoisotopic (exact) mass is 241 g/mol. The van der Waals surface area contributed by atoms with E-state index in [4.69, 9.17) is 21.8 Å². The number of halogens is 1. The molecular formula is C9H8ClN3OS. The Morgan fingerprint density at radius 3 is 2.93 bits per heavy atom. The maximum absolute atomic E-state index is 5.78. The highest BCUT2D eigenvalue weighted by molar-refractivity contribution is 7.99. The SMILES string of the molecule is Cc1occc1Sc1ncnc(Cl)c1N. The summed E-state index contributed by atoms with van der Waals surface area (Å²) in [4.78, 5) is 8.81. The quantitative estimate of drug-likeness (QED) is 0.819. The lowest BCUT2D eigenvalue weighted by atomic mass is 10.5. The van der Waals surface area contributed by atoms with Gasteiger partial charge in [0.25, 0.3) is 0 Å². The van der Waals surface area contributed by atoms with E-state index in [0.29, 0.717) is 10.7 Å². The molecule has 4 nitrogen and oxygen atoms in total. The fourth-order valence-corrected chi connectivity index (χ4v) is 2.04. The Morgan fingerprint density at radius 2 is 2.27 bits per heavy atom. The lowest BCUT2D eigenvalue weighted by Gasteiger charge is -2.03. The molecule has 6 heteroatoms. The molecule has 0 aromatic carbocycles. The zero-order valence-electron chi connectivity index (χ0n) is 7.90. The average Bonchev–Trinajstić information content (AvgIpc) is 2.60. The van der Waals surface area contributed by atoms with Gasteiger partial charge in [0.15, 0.2) is 5.15 Å². The Balaban J connectivity index is 2.33. The van der Waals surface area contributed by atoms with Crippen LogP contribution in [0.4, 0.5) is 5.69 Å². The molecule has 2 rings (SSSR count). The molecule has 2 N–H and O–H groups in total. The van der Waals surface area contributed by atoms with E-state index in [0.717, 1.165) is 10.7 Å². The van der Waals surface area contributed by atoms with Crippen molar-refractivity contribution in [3.63, 3.8) is 0 Å². The number of nitrogens with zero attached hydrogens (tertiary/aromatic N) is 2. The summed E-state index contributed by atoms with van der Waals surface area (Å²) in [6.07, 6.45) is 3.01. The normalized spacial score (nSPS) is 10.5. The summed E-state index contributed by atoms with van der Waals surface area (Å²) < 4.78 is 5.17. The number of aromatic nitrogens is 2. The predicted octanol–water partition coefficient (Wildman–Crippen LogP) is 2.76. The number of aryl methyl sites for hydroxylation is 1. The van der Waals surface area contributed by atoms with Gasteiger partial charge in [0, 0.05) is 0 Å². The second kappa shape index (κ2) is 4.12. The number of furan rings is 1. The van der Waals surface area contributed by atoms with Crippen LogP contribution in [0.25, 0.3) is 0 Å². The second-order valence-corrected chi connectivity index (χ2v) is 4.22. The number of hydrogen-bond donors (Lipinski definition) is 1. The molecule has 0 aliphatic rings. The molecule has 0 unspecified atom stereocenters. The zero-order chi connectivity index (χ0) is 10.8. The molecule has 2 heterocycles. The van der Waals surface area contributed by atoms with Crippen molar-refractivity contribution in [3.8, 4) is 0 Å². The zero-order valence-corrected chi connectivity index (χ0v) is 9.47. The topological polar surface area (TPSA) is 64.9 Å². The smallest absolute Gasteiger partial charge is 0.156 e. The standard InChI is InChI=1S/C9H8ClN3OS/c1-5-6(2-3-14-5)15-9-7(11)8(10)12-4-13-9/h2-4H,11H2,1H3. The van der Waals surface area contributed by atoms with Crippen LogP contribution in [0.1, 0.15) is 5.76 Å². The van der Waals surface area contributed by atoms with Crippen LogP contribution in [0.3, 0.4) is 0 Å². The fraction of sp³-hybridized carbons (Fsp3) is 0.111. The Labute approximate surface area is 95.9 Å². The summed E-state index contributed by atoms with van der Waals surface area (Å²) in [5.41, 5.74) is 6.13. The summed E-state index contributed by atoms with van der Waals surface area (Å²) in [5, 5.41) is 0.910. The fourth-order valence-electron chi connectivity index (χ4n) is 1.02. The largest absolute Gasteiger partial charge is 0.468 e. The third kappa shape index (κ3) is 2.08. The van der Waals surface area contributed by atoms with Gasteiger partial charge in [-0.15, -0.1) is 0 Å². The van der Waals surface area contributed by atoms with E-state index in [1.54, 1.807) is 6.26 Å². The first kappa shape index (κ1) is 10.3. The molecular weight excluding hydrogens is 234 g/mol. The molecule has 0 bridgehead atoms. The van der Waals surface area contributed by atoms with Gasteiger partial charge in [-0.2, -0.15) is 0 Å². The molecule has 0 spiro atoms. The van der Waals surface area contributed by atoms with Gasteiger partial charge in [-0.05, 0) is 13.0 Å². The molecule has 78 valence electrons. The number of rotatable bonds is 2. The van der Waals surface area contributed by atoms with Crippen molar-refractivity contribution in [2.45, 2.75) is 16.8 Å². The summed E-state index contributed by atoms with van der Waals surface area (Å²) in [6, 6.07) is 1.86. The highest BCUT2D eigenvalue weighted by Crippen LogP contribution is 2.34. The third-order valence-electron chi connectivity index (χ3n) is 1.82. The molecule has 2 aromatic rings. The summed E-state index contributed by atoms with van der Waals surface area (Å²) in [7, 11) is 0. The van der Waals surface area contributed by atoms with Crippen LogP contribution < -0.4 is 5.73 Å². The van der Waals surface area contributed by atoms with Gasteiger partial charge in [-0.1, -0.05) is 23.4 Å². The first-order valence-electron chi connectivity index (χ1n) is 4.16. The van der Waals surface area contributed by atoms with Gasteiger partial charge >= 0.3 is 0 Å². The minimum atomic E-state index is 0.272. The van der Waals surface area contributed by atoms with E-state index in [9.17, 15) is 0 Å². The van der Waals surface area contributed by atoms with Gasteiger partial charge in [-0.25, -0.2) is 9.97 Å². The second-order valence-electron chi connectivity index (χ2n) is 2.83. The summed E-state index contributed by atoms with van der Waals surface area (Å²) >= 11 is 7.19. The molecule has 0 saturated heterocycles. The van der Waals surface area contributed by atoms with Crippen molar-refractivity contribution in [2.75, 3.05) is 5.73 Å². The van der Waals surface area contributed by atoms with E-state index in [2.05, 4.69) is 9.97 Å².